The third kappa shape index (κ3) is 5.79. The highest BCUT2D eigenvalue weighted by atomic mass is 32.2. The van der Waals surface area contributed by atoms with E-state index >= 15 is 0 Å². The van der Waals surface area contributed by atoms with E-state index in [4.69, 9.17) is 4.74 Å². The van der Waals surface area contributed by atoms with E-state index in [1.165, 1.54) is 6.33 Å². The molecule has 0 fully saturated rings. The van der Waals surface area contributed by atoms with Crippen molar-refractivity contribution in [1.82, 2.24) is 25.1 Å². The molecule has 2 N–H and O–H groups in total. The minimum Gasteiger partial charge on any atom is -0.494 e. The van der Waals surface area contributed by atoms with E-state index in [1.807, 2.05) is 24.3 Å². The first kappa shape index (κ1) is 23.8. The van der Waals surface area contributed by atoms with Crippen LogP contribution in [-0.2, 0) is 9.84 Å². The Hall–Kier alpha value is -4.32. The number of nitrogens with zero attached hydrogens (tertiary/aromatic N) is 5. The minimum atomic E-state index is -3.13. The molecular weight excluding hydrogens is 470 g/mol. The van der Waals surface area contributed by atoms with E-state index in [0.29, 0.717) is 28.2 Å². The number of aromatic nitrogens is 4. The Bertz CT molecular complexity index is 1480. The van der Waals surface area contributed by atoms with Crippen LogP contribution < -0.4 is 15.5 Å². The van der Waals surface area contributed by atoms with Gasteiger partial charge in [-0.15, -0.1) is 0 Å². The molecule has 180 valence electrons. The van der Waals surface area contributed by atoms with Gasteiger partial charge in [0.1, 0.15) is 27.6 Å². The van der Waals surface area contributed by atoms with Crippen molar-refractivity contribution in [1.29, 1.82) is 0 Å². The molecule has 0 atom stereocenters. The van der Waals surface area contributed by atoms with Crippen LogP contribution in [0.25, 0.3) is 16.7 Å². The van der Waals surface area contributed by atoms with Crippen molar-refractivity contribution in [2.45, 2.75) is 0 Å². The number of ether oxygens (including phenoxy) is 1. The van der Waals surface area contributed by atoms with Crippen molar-refractivity contribution < 1.29 is 17.9 Å². The van der Waals surface area contributed by atoms with Crippen LogP contribution in [0.15, 0.2) is 66.2 Å². The third-order valence-corrected chi connectivity index (χ3v) is 5.94. The first-order valence-corrected chi connectivity index (χ1v) is 12.6. The smallest absolute Gasteiger partial charge is 0.251 e. The topological polar surface area (TPSA) is 140 Å². The van der Waals surface area contributed by atoms with Crippen molar-refractivity contribution in [3.8, 4) is 11.4 Å². The van der Waals surface area contributed by atoms with Gasteiger partial charge in [0, 0.05) is 18.4 Å². The first-order valence-electron chi connectivity index (χ1n) is 10.5. The number of sulfone groups is 1. The van der Waals surface area contributed by atoms with Crippen LogP contribution >= 0.6 is 0 Å². The van der Waals surface area contributed by atoms with Gasteiger partial charge in [0.05, 0.1) is 30.7 Å². The van der Waals surface area contributed by atoms with Crippen LogP contribution in [0.3, 0.4) is 0 Å². The molecule has 4 rings (SSSR count). The second-order valence-corrected chi connectivity index (χ2v) is 9.83. The second kappa shape index (κ2) is 10.3. The molecule has 0 aliphatic heterocycles. The zero-order valence-electron chi connectivity index (χ0n) is 19.0. The predicted molar refractivity (Wildman–Crippen MR) is 133 cm³/mol. The molecule has 0 radical (unpaired) electrons. The highest BCUT2D eigenvalue weighted by Gasteiger charge is 2.13. The van der Waals surface area contributed by atoms with Gasteiger partial charge in [-0.05, 0) is 29.8 Å². The van der Waals surface area contributed by atoms with Crippen LogP contribution in [0.5, 0.6) is 5.75 Å². The van der Waals surface area contributed by atoms with Crippen molar-refractivity contribution in [2.24, 2.45) is 5.10 Å². The lowest BCUT2D eigenvalue weighted by atomic mass is 10.1. The Labute approximate surface area is 201 Å². The van der Waals surface area contributed by atoms with Gasteiger partial charge in [0.25, 0.3) is 5.91 Å². The summed E-state index contributed by atoms with van der Waals surface area (Å²) in [6.45, 7) is 0.0613. The van der Waals surface area contributed by atoms with Crippen molar-refractivity contribution >= 4 is 38.8 Å². The Morgan fingerprint density at radius 1 is 1.14 bits per heavy atom. The van der Waals surface area contributed by atoms with Crippen LogP contribution in [0.4, 0.5) is 5.82 Å². The molecule has 2 aromatic heterocycles. The standard InChI is InChI=1S/C23H23N7O4S/c1-34-20-6-4-3-5-19(20)30-22-18(14-28-30)21(25-15-26-22)29-27-13-16-7-9-17(10-8-16)23(31)24-11-12-35(2,32)33/h3-10,13-15H,11-12H2,1-2H3,(H,24,31)(H,25,26,29)/b27-13+. The summed E-state index contributed by atoms with van der Waals surface area (Å²) in [6.07, 6.45) is 5.78. The molecule has 0 bridgehead atoms. The fourth-order valence-electron chi connectivity index (χ4n) is 3.25. The Kier molecular flexibility index (Phi) is 7.01. The highest BCUT2D eigenvalue weighted by Crippen LogP contribution is 2.26. The van der Waals surface area contributed by atoms with Crippen LogP contribution in [0.2, 0.25) is 0 Å². The lowest BCUT2D eigenvalue weighted by molar-refractivity contribution is 0.0956. The van der Waals surface area contributed by atoms with E-state index in [-0.39, 0.29) is 18.2 Å². The fraction of sp³-hybridized carbons (Fsp3) is 0.174. The number of amides is 1. The summed E-state index contributed by atoms with van der Waals surface area (Å²) in [7, 11) is -1.53. The molecule has 0 aliphatic rings. The number of nitrogens with one attached hydrogen (secondary N) is 2. The number of methoxy groups -OCH3 is 1. The zero-order valence-corrected chi connectivity index (χ0v) is 19.9. The number of carbonyl (C=O) groups excluding carboxylic acids is 1. The van der Waals surface area contributed by atoms with Gasteiger partial charge < -0.3 is 10.1 Å². The minimum absolute atomic E-state index is 0.0613. The van der Waals surface area contributed by atoms with Gasteiger partial charge in [-0.2, -0.15) is 10.2 Å². The summed E-state index contributed by atoms with van der Waals surface area (Å²) in [6, 6.07) is 14.2. The highest BCUT2D eigenvalue weighted by molar-refractivity contribution is 7.90. The van der Waals surface area contributed by atoms with Gasteiger partial charge >= 0.3 is 0 Å². The molecule has 0 saturated carbocycles. The molecule has 0 unspecified atom stereocenters. The van der Waals surface area contributed by atoms with Gasteiger partial charge in [-0.3, -0.25) is 10.2 Å². The molecule has 2 aromatic carbocycles. The summed E-state index contributed by atoms with van der Waals surface area (Å²) < 4.78 is 29.4. The van der Waals surface area contributed by atoms with Crippen LogP contribution in [0.1, 0.15) is 15.9 Å². The quantitative estimate of drug-likeness (QED) is 0.267. The molecule has 0 saturated heterocycles. The molecule has 12 heteroatoms. The number of para-hydroxylation sites is 2. The van der Waals surface area contributed by atoms with E-state index < -0.39 is 9.84 Å². The van der Waals surface area contributed by atoms with Gasteiger partial charge in [-0.1, -0.05) is 24.3 Å². The lowest BCUT2D eigenvalue weighted by Gasteiger charge is -2.08. The summed E-state index contributed by atoms with van der Waals surface area (Å²) in [4.78, 5) is 20.7. The summed E-state index contributed by atoms with van der Waals surface area (Å²) in [5.41, 5.74) is 5.42. The summed E-state index contributed by atoms with van der Waals surface area (Å²) in [5.74, 6) is 0.694. The zero-order chi connectivity index (χ0) is 24.8. The number of rotatable bonds is 9. The van der Waals surface area contributed by atoms with Crippen molar-refractivity contribution in [2.75, 3.05) is 31.1 Å². The summed E-state index contributed by atoms with van der Waals surface area (Å²) in [5, 5.41) is 11.9. The van der Waals surface area contributed by atoms with Crippen molar-refractivity contribution in [3.05, 3.63) is 72.2 Å². The average Bonchev–Trinajstić information content (AvgIpc) is 3.28. The lowest BCUT2D eigenvalue weighted by Crippen LogP contribution is -2.28. The molecule has 0 aliphatic carbocycles. The molecule has 1 amide bonds. The number of benzene rings is 2. The Morgan fingerprint density at radius 3 is 2.66 bits per heavy atom. The normalized spacial score (nSPS) is 11.6. The fourth-order valence-corrected chi connectivity index (χ4v) is 3.73. The second-order valence-electron chi connectivity index (χ2n) is 7.57. The molecular formula is C23H23N7O4S. The largest absolute Gasteiger partial charge is 0.494 e. The number of carbonyl (C=O) groups is 1. The molecule has 35 heavy (non-hydrogen) atoms. The van der Waals surface area contributed by atoms with Gasteiger partial charge in [-0.25, -0.2) is 23.1 Å². The van der Waals surface area contributed by atoms with E-state index in [9.17, 15) is 13.2 Å². The molecule has 4 aromatic rings. The van der Waals surface area contributed by atoms with Gasteiger partial charge in [0.15, 0.2) is 11.5 Å². The Balaban J connectivity index is 1.44. The Morgan fingerprint density at radius 2 is 1.91 bits per heavy atom. The number of hydrogen-bond donors (Lipinski definition) is 2. The SMILES string of the molecule is COc1ccccc1-n1ncc2c(N/N=C/c3ccc(C(=O)NCCS(C)(=O)=O)cc3)ncnc21. The monoisotopic (exact) mass is 493 g/mol. The number of anilines is 1. The maximum atomic E-state index is 12.1. The van der Waals surface area contributed by atoms with E-state index in [2.05, 4.69) is 30.9 Å². The van der Waals surface area contributed by atoms with Crippen LogP contribution in [-0.4, -0.2) is 66.0 Å². The maximum Gasteiger partial charge on any atom is 0.251 e. The first-order chi connectivity index (χ1) is 16.9. The molecule has 0 spiro atoms. The number of hydrogen-bond acceptors (Lipinski definition) is 9. The number of fused-ring (bicyclic) bond motifs is 1. The van der Waals surface area contributed by atoms with Crippen molar-refractivity contribution in [3.63, 3.8) is 0 Å². The maximum absolute atomic E-state index is 12.1. The predicted octanol–water partition coefficient (Wildman–Crippen LogP) is 2.04. The summed E-state index contributed by atoms with van der Waals surface area (Å²) >= 11 is 0. The van der Waals surface area contributed by atoms with Gasteiger partial charge in [0.2, 0.25) is 0 Å². The molecule has 11 nitrogen and oxygen atoms in total. The third-order valence-electron chi connectivity index (χ3n) is 4.99. The average molecular weight is 494 g/mol. The van der Waals surface area contributed by atoms with E-state index in [1.54, 1.807) is 48.5 Å². The molecule has 2 heterocycles. The number of hydrazone groups is 1. The van der Waals surface area contributed by atoms with Crippen LogP contribution in [0, 0.1) is 0 Å². The van der Waals surface area contributed by atoms with E-state index in [0.717, 1.165) is 17.5 Å².